The zero-order valence-corrected chi connectivity index (χ0v) is 25.2. The number of carboxylic acids is 1. The first kappa shape index (κ1) is 29.2. The lowest BCUT2D eigenvalue weighted by molar-refractivity contribution is 0.0697. The summed E-state index contributed by atoms with van der Waals surface area (Å²) in [6.07, 6.45) is 5.40. The monoisotopic (exact) mass is 591 g/mol. The molecule has 5 nitrogen and oxygen atoms in total. The van der Waals surface area contributed by atoms with E-state index in [-0.39, 0.29) is 22.5 Å². The number of benzene rings is 3. The van der Waals surface area contributed by atoms with Crippen molar-refractivity contribution in [2.24, 2.45) is 11.8 Å². The highest BCUT2D eigenvalue weighted by atomic mass is 35.5. The molecule has 1 heterocycles. The Morgan fingerprint density at radius 3 is 2.63 bits per heavy atom. The van der Waals surface area contributed by atoms with E-state index in [1.807, 2.05) is 55.3 Å². The lowest BCUT2D eigenvalue weighted by Crippen LogP contribution is -2.35. The molecule has 3 aromatic rings. The molecular formula is C33H35ClFN3O2S. The van der Waals surface area contributed by atoms with E-state index in [9.17, 15) is 14.3 Å². The minimum atomic E-state index is -1.09. The van der Waals surface area contributed by atoms with Crippen molar-refractivity contribution in [1.82, 2.24) is 4.72 Å². The summed E-state index contributed by atoms with van der Waals surface area (Å²) in [5, 5.41) is 9.97. The van der Waals surface area contributed by atoms with E-state index in [0.717, 1.165) is 51.7 Å². The quantitative estimate of drug-likeness (QED) is 0.268. The second kappa shape index (κ2) is 12.3. The van der Waals surface area contributed by atoms with Gasteiger partial charge in [0.1, 0.15) is 6.17 Å². The van der Waals surface area contributed by atoms with Gasteiger partial charge >= 0.3 is 5.97 Å². The predicted octanol–water partition coefficient (Wildman–Crippen LogP) is 8.73. The highest BCUT2D eigenvalue weighted by molar-refractivity contribution is 7.97. The van der Waals surface area contributed by atoms with Gasteiger partial charge in [-0.3, -0.25) is 4.72 Å². The molecule has 1 aliphatic heterocycles. The number of fused-ring (bicyclic) bond motifs is 1. The van der Waals surface area contributed by atoms with Gasteiger partial charge in [-0.1, -0.05) is 62.7 Å². The van der Waals surface area contributed by atoms with E-state index in [1.165, 1.54) is 0 Å². The number of rotatable bonds is 7. The van der Waals surface area contributed by atoms with Crippen molar-refractivity contribution in [2.45, 2.75) is 44.3 Å². The molecule has 41 heavy (non-hydrogen) atoms. The van der Waals surface area contributed by atoms with Crippen LogP contribution in [0.5, 0.6) is 0 Å². The molecule has 3 aromatic carbocycles. The van der Waals surface area contributed by atoms with Crippen molar-refractivity contribution >= 4 is 46.6 Å². The number of allylic oxidation sites excluding steroid dienone is 3. The smallest absolute Gasteiger partial charge is 0.337 e. The molecule has 0 radical (unpaired) electrons. The zero-order chi connectivity index (χ0) is 29.3. The van der Waals surface area contributed by atoms with Crippen molar-refractivity contribution in [3.8, 4) is 11.1 Å². The maximum atomic E-state index is 14.8. The van der Waals surface area contributed by atoms with Crippen LogP contribution in [0.4, 0.5) is 21.5 Å². The van der Waals surface area contributed by atoms with Crippen molar-refractivity contribution in [2.75, 3.05) is 23.4 Å². The molecule has 0 amide bonds. The Morgan fingerprint density at radius 1 is 1.20 bits per heavy atom. The second-order valence-electron chi connectivity index (χ2n) is 11.1. The summed E-state index contributed by atoms with van der Waals surface area (Å²) in [5.41, 5.74) is 5.29. The number of anilines is 3. The Hall–Kier alpha value is -3.26. The number of para-hydroxylation sites is 1. The fourth-order valence-corrected chi connectivity index (χ4v) is 6.47. The molecule has 0 spiro atoms. The summed E-state index contributed by atoms with van der Waals surface area (Å²) in [7, 11) is 1.93. The Labute approximate surface area is 250 Å². The van der Waals surface area contributed by atoms with Crippen LogP contribution in [0, 0.1) is 11.8 Å². The average Bonchev–Trinajstić information content (AvgIpc) is 3.12. The maximum absolute atomic E-state index is 14.8. The molecule has 2 N–H and O–H groups in total. The minimum Gasteiger partial charge on any atom is -0.478 e. The van der Waals surface area contributed by atoms with Gasteiger partial charge in [-0.2, -0.15) is 0 Å². The summed E-state index contributed by atoms with van der Waals surface area (Å²) < 4.78 is 18.5. The van der Waals surface area contributed by atoms with Gasteiger partial charge < -0.3 is 14.9 Å². The number of alkyl halides is 1. The number of carboxylic acid groups (broad SMARTS) is 1. The molecule has 8 heteroatoms. The van der Waals surface area contributed by atoms with Crippen LogP contribution >= 0.6 is 23.5 Å². The van der Waals surface area contributed by atoms with E-state index in [1.54, 1.807) is 30.2 Å². The van der Waals surface area contributed by atoms with Crippen molar-refractivity contribution < 1.29 is 14.3 Å². The van der Waals surface area contributed by atoms with Gasteiger partial charge in [0.15, 0.2) is 0 Å². The number of likely N-dealkylation sites (N-methyl/N-ethyl adjacent to an activating group) is 1. The number of nitrogens with zero attached hydrogens (tertiary/aromatic N) is 2. The standard InChI is InChI=1S/C33H35ClFN3O2S/c1-20(2)14-23-19-38(24-8-6-5-7-9-24)31-18-30(37(4)25-12-10-21(3)29(35)16-25)26(17-32(31)41-36-23)22-11-13-28(34)27(15-22)33(39)40/h5-13,15-18,20-21,23,29,36H,14,19H2,1-4H3,(H,39,40). The summed E-state index contributed by atoms with van der Waals surface area (Å²) in [6.45, 7) is 7.10. The van der Waals surface area contributed by atoms with E-state index in [2.05, 4.69) is 47.7 Å². The van der Waals surface area contributed by atoms with Gasteiger partial charge in [0, 0.05) is 47.4 Å². The van der Waals surface area contributed by atoms with Crippen LogP contribution < -0.4 is 14.5 Å². The molecule has 1 aliphatic carbocycles. The fourth-order valence-electron chi connectivity index (χ4n) is 5.35. The van der Waals surface area contributed by atoms with Gasteiger partial charge in [-0.25, -0.2) is 9.18 Å². The van der Waals surface area contributed by atoms with E-state index in [0.29, 0.717) is 5.92 Å². The number of hydrogen-bond donors (Lipinski definition) is 2. The molecule has 0 saturated heterocycles. The molecule has 214 valence electrons. The van der Waals surface area contributed by atoms with Gasteiger partial charge in [-0.05, 0) is 78.4 Å². The van der Waals surface area contributed by atoms with Crippen molar-refractivity contribution in [3.63, 3.8) is 0 Å². The predicted molar refractivity (Wildman–Crippen MR) is 169 cm³/mol. The normalized spacial score (nSPS) is 20.4. The lowest BCUT2D eigenvalue weighted by atomic mass is 9.96. The number of aromatic carboxylic acids is 1. The second-order valence-corrected chi connectivity index (χ2v) is 12.4. The van der Waals surface area contributed by atoms with Crippen LogP contribution in [0.25, 0.3) is 11.1 Å². The van der Waals surface area contributed by atoms with Crippen molar-refractivity contribution in [1.29, 1.82) is 0 Å². The number of nitrogens with one attached hydrogen (secondary N) is 1. The Balaban J connectivity index is 1.71. The highest BCUT2D eigenvalue weighted by Gasteiger charge is 2.28. The Bertz CT molecular complexity index is 1490. The highest BCUT2D eigenvalue weighted by Crippen LogP contribution is 2.45. The van der Waals surface area contributed by atoms with Crippen LogP contribution in [-0.4, -0.2) is 36.9 Å². The molecule has 3 unspecified atom stereocenters. The van der Waals surface area contributed by atoms with E-state index in [4.69, 9.17) is 11.6 Å². The third-order valence-electron chi connectivity index (χ3n) is 7.59. The Kier molecular flexibility index (Phi) is 8.78. The molecule has 2 aliphatic rings. The molecule has 0 aromatic heterocycles. The molecule has 0 bridgehead atoms. The zero-order valence-electron chi connectivity index (χ0n) is 23.6. The molecule has 3 atom stereocenters. The summed E-state index contributed by atoms with van der Waals surface area (Å²) >= 11 is 7.84. The fraction of sp³-hybridized carbons (Fsp3) is 0.303. The first-order valence-corrected chi connectivity index (χ1v) is 15.1. The average molecular weight is 592 g/mol. The minimum absolute atomic E-state index is 0.0378. The number of halogens is 2. The third-order valence-corrected chi connectivity index (χ3v) is 8.92. The summed E-state index contributed by atoms with van der Waals surface area (Å²) in [6, 6.07) is 19.9. The van der Waals surface area contributed by atoms with Crippen molar-refractivity contribution in [3.05, 3.63) is 95.2 Å². The summed E-state index contributed by atoms with van der Waals surface area (Å²) in [5.74, 6) is -0.757. The lowest BCUT2D eigenvalue weighted by Gasteiger charge is -2.31. The number of hydrogen-bond acceptors (Lipinski definition) is 5. The van der Waals surface area contributed by atoms with Gasteiger partial charge in [-0.15, -0.1) is 0 Å². The maximum Gasteiger partial charge on any atom is 0.337 e. The molecule has 0 fully saturated rings. The first-order chi connectivity index (χ1) is 19.6. The Morgan fingerprint density at radius 2 is 1.95 bits per heavy atom. The van der Waals surface area contributed by atoms with Crippen LogP contribution in [0.1, 0.15) is 37.6 Å². The topological polar surface area (TPSA) is 55.8 Å². The van der Waals surface area contributed by atoms with Crippen LogP contribution in [-0.2, 0) is 0 Å². The third kappa shape index (κ3) is 6.32. The molecule has 5 rings (SSSR count). The largest absolute Gasteiger partial charge is 0.478 e. The van der Waals surface area contributed by atoms with E-state index >= 15 is 0 Å². The molecule has 0 saturated carbocycles. The number of carbonyl (C=O) groups is 1. The SMILES string of the molecule is CC(C)CC1CN(c2ccccc2)c2cc(N(C)C3=CC(F)C(C)C=C3)c(-c3ccc(Cl)c(C(=O)O)c3)cc2SN1. The van der Waals surface area contributed by atoms with E-state index < -0.39 is 12.1 Å². The van der Waals surface area contributed by atoms with Gasteiger partial charge in [0.05, 0.1) is 22.0 Å². The van der Waals surface area contributed by atoms with Gasteiger partial charge in [0.2, 0.25) is 0 Å². The first-order valence-electron chi connectivity index (χ1n) is 13.9. The van der Waals surface area contributed by atoms with Crippen LogP contribution in [0.3, 0.4) is 0 Å². The van der Waals surface area contributed by atoms with Gasteiger partial charge in [0.25, 0.3) is 0 Å². The molecular weight excluding hydrogens is 557 g/mol. The van der Waals surface area contributed by atoms with Crippen LogP contribution in [0.2, 0.25) is 5.02 Å². The van der Waals surface area contributed by atoms with Crippen LogP contribution in [0.15, 0.2) is 89.5 Å². The summed E-state index contributed by atoms with van der Waals surface area (Å²) in [4.78, 5) is 17.3.